The van der Waals surface area contributed by atoms with E-state index in [-0.39, 0.29) is 29.6 Å². The molecule has 0 heterocycles. The van der Waals surface area contributed by atoms with Gasteiger partial charge in [-0.15, -0.1) is 24.0 Å². The van der Waals surface area contributed by atoms with Gasteiger partial charge in [-0.1, -0.05) is 30.3 Å². The molecule has 0 fully saturated rings. The summed E-state index contributed by atoms with van der Waals surface area (Å²) < 4.78 is 11.0. The Bertz CT molecular complexity index is 453. The number of rotatable bonds is 10. The number of halogens is 1. The Labute approximate surface area is 163 Å². The third-order valence-corrected chi connectivity index (χ3v) is 3.58. The lowest BCUT2D eigenvalue weighted by atomic mass is 10.1. The van der Waals surface area contributed by atoms with Gasteiger partial charge in [-0.05, 0) is 32.3 Å². The molecule has 0 radical (unpaired) electrons. The molecule has 0 atom stereocenters. The maximum absolute atomic E-state index is 5.67. The van der Waals surface area contributed by atoms with Crippen LogP contribution in [0.15, 0.2) is 35.3 Å². The van der Waals surface area contributed by atoms with E-state index in [4.69, 9.17) is 9.47 Å². The second kappa shape index (κ2) is 13.4. The fourth-order valence-corrected chi connectivity index (χ4v) is 1.89. The standard InChI is InChI=1S/C18H31N3O2.HI/c1-18(2,22-4)15-21-17(19-3)20-12-8-9-13-23-14-16-10-6-5-7-11-16;/h5-7,10-11H,8-9,12-15H2,1-4H3,(H2,19,20,21);1H. The number of nitrogens with zero attached hydrogens (tertiary/aromatic N) is 1. The van der Waals surface area contributed by atoms with Crippen molar-refractivity contribution in [2.75, 3.05) is 33.9 Å². The topological polar surface area (TPSA) is 54.9 Å². The molecule has 0 spiro atoms. The summed E-state index contributed by atoms with van der Waals surface area (Å²) in [6.07, 6.45) is 2.07. The molecule has 0 aromatic heterocycles. The number of guanidine groups is 1. The van der Waals surface area contributed by atoms with Crippen molar-refractivity contribution in [2.24, 2.45) is 4.99 Å². The van der Waals surface area contributed by atoms with Crippen molar-refractivity contribution in [3.8, 4) is 0 Å². The summed E-state index contributed by atoms with van der Waals surface area (Å²) in [6.45, 7) is 7.13. The van der Waals surface area contributed by atoms with Crippen molar-refractivity contribution in [2.45, 2.75) is 38.9 Å². The number of nitrogens with one attached hydrogen (secondary N) is 2. The SMILES string of the molecule is CN=C(NCCCCOCc1ccccc1)NCC(C)(C)OC.I. The Hall–Kier alpha value is -0.860. The zero-order chi connectivity index (χ0) is 17.0. The van der Waals surface area contributed by atoms with Gasteiger partial charge in [-0.25, -0.2) is 0 Å². The normalized spacial score (nSPS) is 11.8. The van der Waals surface area contributed by atoms with E-state index in [1.165, 1.54) is 5.56 Å². The summed E-state index contributed by atoms with van der Waals surface area (Å²) in [6, 6.07) is 10.2. The van der Waals surface area contributed by atoms with Gasteiger partial charge in [-0.3, -0.25) is 4.99 Å². The molecule has 0 aliphatic rings. The lowest BCUT2D eigenvalue weighted by molar-refractivity contribution is 0.0268. The molecule has 0 bridgehead atoms. The van der Waals surface area contributed by atoms with E-state index >= 15 is 0 Å². The van der Waals surface area contributed by atoms with Crippen LogP contribution in [0.2, 0.25) is 0 Å². The minimum Gasteiger partial charge on any atom is -0.377 e. The highest BCUT2D eigenvalue weighted by atomic mass is 127. The van der Waals surface area contributed by atoms with Crippen LogP contribution in [0.1, 0.15) is 32.3 Å². The lowest BCUT2D eigenvalue weighted by Crippen LogP contribution is -2.45. The first kappa shape index (κ1) is 23.1. The number of unbranched alkanes of at least 4 members (excludes halogenated alkanes) is 1. The van der Waals surface area contributed by atoms with Crippen molar-refractivity contribution in [1.82, 2.24) is 10.6 Å². The summed E-state index contributed by atoms with van der Waals surface area (Å²) in [7, 11) is 3.49. The third-order valence-electron chi connectivity index (χ3n) is 3.58. The Morgan fingerprint density at radius 3 is 2.46 bits per heavy atom. The van der Waals surface area contributed by atoms with Crippen molar-refractivity contribution in [1.29, 1.82) is 0 Å². The predicted octanol–water partition coefficient (Wildman–Crippen LogP) is 3.19. The van der Waals surface area contributed by atoms with Gasteiger partial charge in [0.1, 0.15) is 0 Å². The second-order valence-corrected chi connectivity index (χ2v) is 6.06. The largest absolute Gasteiger partial charge is 0.377 e. The fraction of sp³-hybridized carbons (Fsp3) is 0.611. The van der Waals surface area contributed by atoms with Crippen LogP contribution in [0.3, 0.4) is 0 Å². The number of hydrogen-bond acceptors (Lipinski definition) is 3. The Kier molecular flexibility index (Phi) is 13.0. The second-order valence-electron chi connectivity index (χ2n) is 6.06. The summed E-state index contributed by atoms with van der Waals surface area (Å²) in [5.74, 6) is 0.806. The molecule has 0 aliphatic carbocycles. The van der Waals surface area contributed by atoms with Crippen LogP contribution in [-0.2, 0) is 16.1 Å². The minimum atomic E-state index is -0.205. The zero-order valence-electron chi connectivity index (χ0n) is 15.3. The van der Waals surface area contributed by atoms with Gasteiger partial charge in [0, 0.05) is 33.9 Å². The molecule has 5 nitrogen and oxygen atoms in total. The van der Waals surface area contributed by atoms with Gasteiger partial charge in [0.25, 0.3) is 0 Å². The van der Waals surface area contributed by atoms with Crippen LogP contribution in [-0.4, -0.2) is 45.4 Å². The quantitative estimate of drug-likeness (QED) is 0.249. The number of benzene rings is 1. The summed E-state index contributed by atoms with van der Waals surface area (Å²) in [5.41, 5.74) is 1.01. The Morgan fingerprint density at radius 2 is 1.83 bits per heavy atom. The summed E-state index contributed by atoms with van der Waals surface area (Å²) in [5, 5.41) is 6.57. The Balaban J connectivity index is 0.00000529. The van der Waals surface area contributed by atoms with E-state index in [1.807, 2.05) is 32.0 Å². The molecule has 2 N–H and O–H groups in total. The van der Waals surface area contributed by atoms with E-state index in [2.05, 4.69) is 27.8 Å². The van der Waals surface area contributed by atoms with Crippen molar-refractivity contribution >= 4 is 29.9 Å². The number of ether oxygens (including phenoxy) is 2. The molecule has 138 valence electrons. The van der Waals surface area contributed by atoms with Crippen LogP contribution >= 0.6 is 24.0 Å². The van der Waals surface area contributed by atoms with E-state index in [1.54, 1.807) is 14.2 Å². The molecule has 24 heavy (non-hydrogen) atoms. The highest BCUT2D eigenvalue weighted by molar-refractivity contribution is 14.0. The molecule has 1 aromatic rings. The van der Waals surface area contributed by atoms with E-state index in [0.717, 1.165) is 32.0 Å². The van der Waals surface area contributed by atoms with Crippen LogP contribution in [0.25, 0.3) is 0 Å². The fourth-order valence-electron chi connectivity index (χ4n) is 1.89. The monoisotopic (exact) mass is 449 g/mol. The van der Waals surface area contributed by atoms with E-state index < -0.39 is 0 Å². The highest BCUT2D eigenvalue weighted by Crippen LogP contribution is 2.04. The average Bonchev–Trinajstić information content (AvgIpc) is 2.57. The van der Waals surface area contributed by atoms with Gasteiger partial charge in [0.05, 0.1) is 12.2 Å². The molecule has 1 rings (SSSR count). The molecule has 0 saturated carbocycles. The molecule has 6 heteroatoms. The molecule has 0 amide bonds. The molecule has 0 saturated heterocycles. The maximum Gasteiger partial charge on any atom is 0.191 e. The van der Waals surface area contributed by atoms with Gasteiger partial charge >= 0.3 is 0 Å². The molecule has 0 aliphatic heterocycles. The van der Waals surface area contributed by atoms with Crippen LogP contribution in [0.4, 0.5) is 0 Å². The third kappa shape index (κ3) is 10.8. The first-order valence-corrected chi connectivity index (χ1v) is 8.19. The molecular weight excluding hydrogens is 417 g/mol. The van der Waals surface area contributed by atoms with Crippen LogP contribution < -0.4 is 10.6 Å². The van der Waals surface area contributed by atoms with Crippen molar-refractivity contribution in [3.05, 3.63) is 35.9 Å². The number of hydrogen-bond donors (Lipinski definition) is 2. The van der Waals surface area contributed by atoms with Crippen LogP contribution in [0.5, 0.6) is 0 Å². The van der Waals surface area contributed by atoms with Crippen molar-refractivity contribution in [3.63, 3.8) is 0 Å². The minimum absolute atomic E-state index is 0. The lowest BCUT2D eigenvalue weighted by Gasteiger charge is -2.24. The summed E-state index contributed by atoms with van der Waals surface area (Å²) >= 11 is 0. The van der Waals surface area contributed by atoms with E-state index in [0.29, 0.717) is 13.2 Å². The number of aliphatic imine (C=N–C) groups is 1. The van der Waals surface area contributed by atoms with Crippen molar-refractivity contribution < 1.29 is 9.47 Å². The van der Waals surface area contributed by atoms with Gasteiger partial charge in [0.15, 0.2) is 5.96 Å². The van der Waals surface area contributed by atoms with Crippen LogP contribution in [0, 0.1) is 0 Å². The number of methoxy groups -OCH3 is 1. The summed E-state index contributed by atoms with van der Waals surface area (Å²) in [4.78, 5) is 4.21. The molecule has 0 unspecified atom stereocenters. The smallest absolute Gasteiger partial charge is 0.191 e. The van der Waals surface area contributed by atoms with Gasteiger partial charge in [-0.2, -0.15) is 0 Å². The average molecular weight is 449 g/mol. The van der Waals surface area contributed by atoms with E-state index in [9.17, 15) is 0 Å². The molecular formula is C18H32IN3O2. The van der Waals surface area contributed by atoms with Gasteiger partial charge in [0.2, 0.25) is 0 Å². The zero-order valence-corrected chi connectivity index (χ0v) is 17.6. The Morgan fingerprint density at radius 1 is 1.12 bits per heavy atom. The van der Waals surface area contributed by atoms with Gasteiger partial charge < -0.3 is 20.1 Å². The predicted molar refractivity (Wildman–Crippen MR) is 111 cm³/mol. The first-order valence-electron chi connectivity index (χ1n) is 8.19. The maximum atomic E-state index is 5.67. The first-order chi connectivity index (χ1) is 11.1. The molecule has 1 aromatic carbocycles. The highest BCUT2D eigenvalue weighted by Gasteiger charge is 2.16.